The number of hydrogen-bond acceptors (Lipinski definition) is 5. The van der Waals surface area contributed by atoms with Crippen molar-refractivity contribution in [2.75, 3.05) is 13.1 Å². The van der Waals surface area contributed by atoms with Gasteiger partial charge in [-0.25, -0.2) is 0 Å². The zero-order valence-corrected chi connectivity index (χ0v) is 9.48. The third kappa shape index (κ3) is 8.09. The maximum Gasteiger partial charge on any atom is 0.239 e. The number of carbonyl (C=O) groups is 4. The van der Waals surface area contributed by atoms with Gasteiger partial charge in [-0.3, -0.25) is 9.59 Å². The van der Waals surface area contributed by atoms with Crippen molar-refractivity contribution in [3.8, 4) is 0 Å². The van der Waals surface area contributed by atoms with Crippen molar-refractivity contribution in [2.24, 2.45) is 5.73 Å². The molecule has 7 nitrogen and oxygen atoms in total. The Morgan fingerprint density at radius 1 is 1.24 bits per heavy atom. The van der Waals surface area contributed by atoms with Crippen molar-refractivity contribution in [3.05, 3.63) is 0 Å². The second-order valence-electron chi connectivity index (χ2n) is 3.37. The maximum atomic E-state index is 11.3. The Kier molecular flexibility index (Phi) is 8.48. The molecule has 0 aliphatic carbocycles. The molecule has 0 rings (SSSR count). The van der Waals surface area contributed by atoms with Gasteiger partial charge >= 0.3 is 0 Å². The SMILES string of the molecule is NCCC(=O)NCC(=O)NC(C=O)CCC=O. The van der Waals surface area contributed by atoms with Crippen LogP contribution in [0.25, 0.3) is 0 Å². The molecular weight excluding hydrogens is 226 g/mol. The Hall–Kier alpha value is -1.76. The number of hydrogen-bond donors (Lipinski definition) is 3. The van der Waals surface area contributed by atoms with Crippen LogP contribution in [-0.2, 0) is 19.2 Å². The summed E-state index contributed by atoms with van der Waals surface area (Å²) in [6.07, 6.45) is 1.84. The van der Waals surface area contributed by atoms with Crippen LogP contribution in [0, 0.1) is 0 Å². The van der Waals surface area contributed by atoms with Gasteiger partial charge in [0.25, 0.3) is 0 Å². The molecule has 0 aliphatic rings. The Bertz CT molecular complexity index is 281. The van der Waals surface area contributed by atoms with E-state index in [1.54, 1.807) is 0 Å². The number of aldehydes is 2. The van der Waals surface area contributed by atoms with Crippen LogP contribution in [-0.4, -0.2) is 43.5 Å². The van der Waals surface area contributed by atoms with Crippen LogP contribution < -0.4 is 16.4 Å². The van der Waals surface area contributed by atoms with Gasteiger partial charge in [0, 0.05) is 19.4 Å². The predicted molar refractivity (Wildman–Crippen MR) is 60.0 cm³/mol. The monoisotopic (exact) mass is 243 g/mol. The van der Waals surface area contributed by atoms with Crippen LogP contribution in [0.2, 0.25) is 0 Å². The highest BCUT2D eigenvalue weighted by Crippen LogP contribution is 1.91. The lowest BCUT2D eigenvalue weighted by Gasteiger charge is -2.11. The molecule has 0 saturated carbocycles. The van der Waals surface area contributed by atoms with E-state index in [1.165, 1.54) is 0 Å². The van der Waals surface area contributed by atoms with E-state index in [2.05, 4.69) is 10.6 Å². The van der Waals surface area contributed by atoms with Gasteiger partial charge in [-0.15, -0.1) is 0 Å². The lowest BCUT2D eigenvalue weighted by Crippen LogP contribution is -2.43. The van der Waals surface area contributed by atoms with Crippen molar-refractivity contribution in [2.45, 2.75) is 25.3 Å². The highest BCUT2D eigenvalue weighted by atomic mass is 16.2. The average Bonchev–Trinajstić information content (AvgIpc) is 2.32. The lowest BCUT2D eigenvalue weighted by atomic mass is 10.2. The van der Waals surface area contributed by atoms with Crippen LogP contribution in [0.5, 0.6) is 0 Å². The van der Waals surface area contributed by atoms with Gasteiger partial charge in [0.2, 0.25) is 11.8 Å². The second kappa shape index (κ2) is 9.46. The van der Waals surface area contributed by atoms with Gasteiger partial charge in [-0.05, 0) is 6.42 Å². The van der Waals surface area contributed by atoms with Gasteiger partial charge in [0.05, 0.1) is 12.6 Å². The summed E-state index contributed by atoms with van der Waals surface area (Å²) in [6.45, 7) is 0.00795. The number of carbonyl (C=O) groups excluding carboxylic acids is 4. The van der Waals surface area contributed by atoms with Crippen LogP contribution >= 0.6 is 0 Å². The molecule has 96 valence electrons. The number of nitrogens with one attached hydrogen (secondary N) is 2. The maximum absolute atomic E-state index is 11.3. The summed E-state index contributed by atoms with van der Waals surface area (Å²) in [5.74, 6) is -0.795. The van der Waals surface area contributed by atoms with Gasteiger partial charge in [-0.2, -0.15) is 0 Å². The zero-order valence-electron chi connectivity index (χ0n) is 9.48. The summed E-state index contributed by atoms with van der Waals surface area (Å²) < 4.78 is 0. The Morgan fingerprint density at radius 2 is 1.94 bits per heavy atom. The molecule has 2 amide bonds. The number of amides is 2. The van der Waals surface area contributed by atoms with Crippen LogP contribution in [0.15, 0.2) is 0 Å². The van der Waals surface area contributed by atoms with E-state index in [-0.39, 0.29) is 38.3 Å². The molecule has 17 heavy (non-hydrogen) atoms. The molecule has 7 heteroatoms. The quantitative estimate of drug-likeness (QED) is 0.409. The summed E-state index contributed by atoms with van der Waals surface area (Å²) >= 11 is 0. The minimum absolute atomic E-state index is 0.148. The lowest BCUT2D eigenvalue weighted by molar-refractivity contribution is -0.127. The first-order valence-electron chi connectivity index (χ1n) is 5.29. The van der Waals surface area contributed by atoms with Gasteiger partial charge < -0.3 is 26.0 Å². The van der Waals surface area contributed by atoms with E-state index >= 15 is 0 Å². The second-order valence-corrected chi connectivity index (χ2v) is 3.37. The first kappa shape index (κ1) is 15.2. The van der Waals surface area contributed by atoms with Crippen LogP contribution in [0.4, 0.5) is 0 Å². The molecule has 0 bridgehead atoms. The van der Waals surface area contributed by atoms with E-state index in [0.717, 1.165) is 0 Å². The van der Waals surface area contributed by atoms with Crippen LogP contribution in [0.3, 0.4) is 0 Å². The normalized spacial score (nSPS) is 11.4. The Labute approximate surface area is 99.1 Å². The van der Waals surface area contributed by atoms with E-state index in [1.807, 2.05) is 0 Å². The van der Waals surface area contributed by atoms with E-state index in [4.69, 9.17) is 5.73 Å². The van der Waals surface area contributed by atoms with Crippen molar-refractivity contribution in [1.82, 2.24) is 10.6 Å². The number of rotatable bonds is 9. The van der Waals surface area contributed by atoms with Gasteiger partial charge in [-0.1, -0.05) is 0 Å². The molecule has 0 fully saturated rings. The molecule has 0 heterocycles. The standard InChI is InChI=1S/C10H17N3O4/c11-4-3-9(16)12-6-10(17)13-8(7-15)2-1-5-14/h5,7-8H,1-4,6,11H2,(H,12,16)(H,13,17). The molecule has 0 aromatic carbocycles. The van der Waals surface area contributed by atoms with Crippen molar-refractivity contribution in [3.63, 3.8) is 0 Å². The highest BCUT2D eigenvalue weighted by molar-refractivity contribution is 5.86. The molecule has 4 N–H and O–H groups in total. The summed E-state index contributed by atoms with van der Waals surface area (Å²) in [5.41, 5.74) is 5.15. The molecular formula is C10H17N3O4. The summed E-state index contributed by atoms with van der Waals surface area (Å²) in [7, 11) is 0. The third-order valence-corrected chi connectivity index (χ3v) is 1.92. The molecule has 0 spiro atoms. The van der Waals surface area contributed by atoms with Crippen LogP contribution in [0.1, 0.15) is 19.3 Å². The topological polar surface area (TPSA) is 118 Å². The minimum Gasteiger partial charge on any atom is -0.347 e. The largest absolute Gasteiger partial charge is 0.347 e. The van der Waals surface area contributed by atoms with Crippen molar-refractivity contribution >= 4 is 24.4 Å². The average molecular weight is 243 g/mol. The molecule has 1 unspecified atom stereocenters. The summed E-state index contributed by atoms with van der Waals surface area (Å²) in [4.78, 5) is 42.9. The molecule has 0 radical (unpaired) electrons. The van der Waals surface area contributed by atoms with Gasteiger partial charge in [0.1, 0.15) is 12.6 Å². The van der Waals surface area contributed by atoms with Crippen molar-refractivity contribution in [1.29, 1.82) is 0 Å². The van der Waals surface area contributed by atoms with Crippen molar-refractivity contribution < 1.29 is 19.2 Å². The van der Waals surface area contributed by atoms with E-state index < -0.39 is 11.9 Å². The van der Waals surface area contributed by atoms with Gasteiger partial charge in [0.15, 0.2) is 0 Å². The zero-order chi connectivity index (χ0) is 13.1. The molecule has 0 aromatic heterocycles. The third-order valence-electron chi connectivity index (χ3n) is 1.92. The molecule has 0 aliphatic heterocycles. The van der Waals surface area contributed by atoms with E-state index in [9.17, 15) is 19.2 Å². The first-order valence-corrected chi connectivity index (χ1v) is 5.29. The number of nitrogens with two attached hydrogens (primary N) is 1. The fourth-order valence-electron chi connectivity index (χ4n) is 1.08. The smallest absolute Gasteiger partial charge is 0.239 e. The Morgan fingerprint density at radius 3 is 2.47 bits per heavy atom. The first-order chi connectivity index (χ1) is 8.13. The fourth-order valence-corrected chi connectivity index (χ4v) is 1.08. The molecule has 0 saturated heterocycles. The highest BCUT2D eigenvalue weighted by Gasteiger charge is 2.11. The predicted octanol–water partition coefficient (Wildman–Crippen LogP) is -1.89. The fraction of sp³-hybridized carbons (Fsp3) is 0.600. The van der Waals surface area contributed by atoms with E-state index in [0.29, 0.717) is 12.6 Å². The minimum atomic E-state index is -0.695. The summed E-state index contributed by atoms with van der Waals surface area (Å²) in [6, 6.07) is -0.695. The molecule has 0 aromatic rings. The molecule has 1 atom stereocenters. The Balaban J connectivity index is 3.85. The summed E-state index contributed by atoms with van der Waals surface area (Å²) in [5, 5.41) is 4.74.